The lowest BCUT2D eigenvalue weighted by atomic mass is 10.1. The van der Waals surface area contributed by atoms with Crippen LogP contribution in [0.25, 0.3) is 0 Å². The smallest absolute Gasteiger partial charge is 0.0637 e. The van der Waals surface area contributed by atoms with Gasteiger partial charge in [0.15, 0.2) is 0 Å². The van der Waals surface area contributed by atoms with E-state index in [0.29, 0.717) is 6.04 Å². The van der Waals surface area contributed by atoms with E-state index < -0.39 is 0 Å². The van der Waals surface area contributed by atoms with Crippen LogP contribution in [0.1, 0.15) is 38.8 Å². The molecule has 20 heavy (non-hydrogen) atoms. The Labute approximate surface area is 128 Å². The van der Waals surface area contributed by atoms with E-state index in [-0.39, 0.29) is 6.04 Å². The molecule has 3 nitrogen and oxygen atoms in total. The number of hydrogen-bond acceptors (Lipinski definition) is 3. The first-order valence-electron chi connectivity index (χ1n) is 7.27. The van der Waals surface area contributed by atoms with E-state index in [0.717, 1.165) is 35.8 Å². The van der Waals surface area contributed by atoms with Crippen molar-refractivity contribution in [1.82, 2.24) is 5.32 Å². The van der Waals surface area contributed by atoms with Gasteiger partial charge in [-0.15, -0.1) is 0 Å². The number of halogens is 1. The average molecular weight is 299 g/mol. The van der Waals surface area contributed by atoms with Crippen molar-refractivity contribution < 1.29 is 4.74 Å². The Morgan fingerprint density at radius 2 is 2.05 bits per heavy atom. The van der Waals surface area contributed by atoms with Crippen LogP contribution in [-0.2, 0) is 4.74 Å². The van der Waals surface area contributed by atoms with E-state index in [4.69, 9.17) is 16.3 Å². The van der Waals surface area contributed by atoms with Crippen LogP contribution in [0.15, 0.2) is 18.2 Å². The standard InChI is InChI=1S/C16H27ClN2O/c1-6-12(2)19(9-10-20-5)14-7-8-15(13(3)18-4)16(17)11-14/h7-8,11-13,18H,6,9-10H2,1-5H3. The highest BCUT2D eigenvalue weighted by atomic mass is 35.5. The van der Waals surface area contributed by atoms with Crippen molar-refractivity contribution in [2.75, 3.05) is 32.2 Å². The second-order valence-electron chi connectivity index (χ2n) is 5.16. The summed E-state index contributed by atoms with van der Waals surface area (Å²) in [5.74, 6) is 0. The minimum atomic E-state index is 0.257. The quantitative estimate of drug-likeness (QED) is 0.788. The predicted octanol–water partition coefficient (Wildman–Crippen LogP) is 3.87. The molecule has 0 aromatic heterocycles. The van der Waals surface area contributed by atoms with Gasteiger partial charge in [-0.25, -0.2) is 0 Å². The Kier molecular flexibility index (Phi) is 7.35. The van der Waals surface area contributed by atoms with Crippen molar-refractivity contribution in [3.05, 3.63) is 28.8 Å². The minimum absolute atomic E-state index is 0.257. The molecule has 1 aromatic rings. The Hall–Kier alpha value is -0.770. The molecule has 0 saturated heterocycles. The average Bonchev–Trinajstić information content (AvgIpc) is 2.46. The van der Waals surface area contributed by atoms with Crippen LogP contribution >= 0.6 is 11.6 Å². The summed E-state index contributed by atoms with van der Waals surface area (Å²) in [5.41, 5.74) is 2.29. The predicted molar refractivity (Wildman–Crippen MR) is 87.9 cm³/mol. The van der Waals surface area contributed by atoms with Crippen molar-refractivity contribution in [3.63, 3.8) is 0 Å². The summed E-state index contributed by atoms with van der Waals surface area (Å²) in [6, 6.07) is 7.05. The number of methoxy groups -OCH3 is 1. The van der Waals surface area contributed by atoms with Gasteiger partial charge in [0.1, 0.15) is 0 Å². The third-order valence-electron chi connectivity index (χ3n) is 3.87. The minimum Gasteiger partial charge on any atom is -0.383 e. The SMILES string of the molecule is CCC(C)N(CCOC)c1ccc(C(C)NC)c(Cl)c1. The van der Waals surface area contributed by atoms with E-state index >= 15 is 0 Å². The second kappa shape index (κ2) is 8.50. The molecule has 0 aliphatic carbocycles. The maximum atomic E-state index is 6.43. The monoisotopic (exact) mass is 298 g/mol. The molecule has 0 bridgehead atoms. The van der Waals surface area contributed by atoms with Gasteiger partial charge in [0.25, 0.3) is 0 Å². The van der Waals surface area contributed by atoms with Crippen LogP contribution in [0.4, 0.5) is 5.69 Å². The van der Waals surface area contributed by atoms with Gasteiger partial charge in [0.05, 0.1) is 6.61 Å². The largest absolute Gasteiger partial charge is 0.383 e. The molecule has 0 aliphatic rings. The molecule has 2 unspecified atom stereocenters. The lowest BCUT2D eigenvalue weighted by molar-refractivity contribution is 0.203. The molecule has 114 valence electrons. The summed E-state index contributed by atoms with van der Waals surface area (Å²) in [6.45, 7) is 8.13. The molecular weight excluding hydrogens is 272 g/mol. The van der Waals surface area contributed by atoms with Gasteiger partial charge < -0.3 is 15.0 Å². The number of hydrogen-bond donors (Lipinski definition) is 1. The molecule has 0 saturated carbocycles. The van der Waals surface area contributed by atoms with E-state index in [2.05, 4.69) is 49.2 Å². The maximum absolute atomic E-state index is 6.43. The van der Waals surface area contributed by atoms with Crippen LogP contribution in [0, 0.1) is 0 Å². The summed E-state index contributed by atoms with van der Waals surface area (Å²) in [7, 11) is 3.68. The maximum Gasteiger partial charge on any atom is 0.0637 e. The topological polar surface area (TPSA) is 24.5 Å². The zero-order chi connectivity index (χ0) is 15.1. The molecule has 0 aliphatic heterocycles. The molecule has 2 atom stereocenters. The van der Waals surface area contributed by atoms with Gasteiger partial charge in [-0.3, -0.25) is 0 Å². The molecule has 0 amide bonds. The van der Waals surface area contributed by atoms with Crippen molar-refractivity contribution in [2.24, 2.45) is 0 Å². The first-order chi connectivity index (χ1) is 9.54. The van der Waals surface area contributed by atoms with E-state index in [1.807, 2.05) is 7.05 Å². The molecule has 1 aromatic carbocycles. The summed E-state index contributed by atoms with van der Waals surface area (Å²) in [4.78, 5) is 2.35. The molecule has 0 heterocycles. The summed E-state index contributed by atoms with van der Waals surface area (Å²) >= 11 is 6.43. The zero-order valence-corrected chi connectivity index (χ0v) is 14.0. The fourth-order valence-corrected chi connectivity index (χ4v) is 2.55. The highest BCUT2D eigenvalue weighted by Crippen LogP contribution is 2.29. The fraction of sp³-hybridized carbons (Fsp3) is 0.625. The Morgan fingerprint density at radius 1 is 1.35 bits per heavy atom. The van der Waals surface area contributed by atoms with Gasteiger partial charge in [-0.2, -0.15) is 0 Å². The molecular formula is C16H27ClN2O. The molecule has 4 heteroatoms. The van der Waals surface area contributed by atoms with Gasteiger partial charge in [-0.05, 0) is 45.0 Å². The van der Waals surface area contributed by atoms with Crippen LogP contribution in [-0.4, -0.2) is 33.4 Å². The van der Waals surface area contributed by atoms with E-state index in [1.54, 1.807) is 7.11 Å². The van der Waals surface area contributed by atoms with Crippen molar-refractivity contribution in [2.45, 2.75) is 39.3 Å². The van der Waals surface area contributed by atoms with Gasteiger partial charge >= 0.3 is 0 Å². The summed E-state index contributed by atoms with van der Waals surface area (Å²) < 4.78 is 5.21. The fourth-order valence-electron chi connectivity index (χ4n) is 2.22. The number of nitrogens with zero attached hydrogens (tertiary/aromatic N) is 1. The lowest BCUT2D eigenvalue weighted by Crippen LogP contribution is -2.35. The normalized spacial score (nSPS) is 14.1. The second-order valence-corrected chi connectivity index (χ2v) is 5.57. The highest BCUT2D eigenvalue weighted by Gasteiger charge is 2.15. The van der Waals surface area contributed by atoms with Crippen LogP contribution in [0.3, 0.4) is 0 Å². The Morgan fingerprint density at radius 3 is 2.55 bits per heavy atom. The van der Waals surface area contributed by atoms with Crippen molar-refractivity contribution >= 4 is 17.3 Å². The summed E-state index contributed by atoms with van der Waals surface area (Å²) in [5, 5.41) is 4.04. The highest BCUT2D eigenvalue weighted by molar-refractivity contribution is 6.31. The third kappa shape index (κ3) is 4.37. The Balaban J connectivity index is 2.99. The molecule has 1 N–H and O–H groups in total. The molecule has 0 spiro atoms. The van der Waals surface area contributed by atoms with Gasteiger partial charge in [-0.1, -0.05) is 24.6 Å². The first-order valence-corrected chi connectivity index (χ1v) is 7.65. The molecule has 0 radical (unpaired) electrons. The van der Waals surface area contributed by atoms with Crippen molar-refractivity contribution in [1.29, 1.82) is 0 Å². The molecule has 0 fully saturated rings. The summed E-state index contributed by atoms with van der Waals surface area (Å²) in [6.07, 6.45) is 1.09. The number of anilines is 1. The lowest BCUT2D eigenvalue weighted by Gasteiger charge is -2.31. The van der Waals surface area contributed by atoms with E-state index in [1.165, 1.54) is 0 Å². The van der Waals surface area contributed by atoms with Gasteiger partial charge in [0.2, 0.25) is 0 Å². The zero-order valence-electron chi connectivity index (χ0n) is 13.2. The van der Waals surface area contributed by atoms with E-state index in [9.17, 15) is 0 Å². The third-order valence-corrected chi connectivity index (χ3v) is 4.20. The number of ether oxygens (including phenoxy) is 1. The Bertz CT molecular complexity index is 411. The number of benzene rings is 1. The van der Waals surface area contributed by atoms with Gasteiger partial charge in [0, 0.05) is 36.4 Å². The van der Waals surface area contributed by atoms with Crippen molar-refractivity contribution in [3.8, 4) is 0 Å². The molecule has 1 rings (SSSR count). The van der Waals surface area contributed by atoms with Crippen LogP contribution in [0.2, 0.25) is 5.02 Å². The van der Waals surface area contributed by atoms with Crippen LogP contribution in [0.5, 0.6) is 0 Å². The number of nitrogens with one attached hydrogen (secondary N) is 1. The number of rotatable bonds is 8. The first kappa shape index (κ1) is 17.3. The van der Waals surface area contributed by atoms with Crippen LogP contribution < -0.4 is 10.2 Å².